The fraction of sp³-hybridized carbons (Fsp3) is 0.188. The summed E-state index contributed by atoms with van der Waals surface area (Å²) < 4.78 is 10.6. The Morgan fingerprint density at radius 3 is 2.52 bits per heavy atom. The first-order chi connectivity index (χ1) is 10.1. The normalized spacial score (nSPS) is 10.0. The lowest BCUT2D eigenvalue weighted by molar-refractivity contribution is 0.0378. The molecule has 1 heterocycles. The van der Waals surface area contributed by atoms with E-state index in [1.165, 1.54) is 0 Å². The molecular formula is C16H14N2O3. The molecule has 0 unspecified atom stereocenters. The Balaban J connectivity index is 2.09. The number of hydrogen-bond acceptors (Lipinski definition) is 5. The molecule has 0 saturated carbocycles. The van der Waals surface area contributed by atoms with Crippen LogP contribution in [-0.4, -0.2) is 17.1 Å². The van der Waals surface area contributed by atoms with Gasteiger partial charge in [0.2, 0.25) is 5.88 Å². The minimum atomic E-state index is -0.374. The van der Waals surface area contributed by atoms with Crippen molar-refractivity contribution in [2.45, 2.75) is 20.0 Å². The number of nitrogens with zero attached hydrogens (tertiary/aromatic N) is 2. The standard InChI is InChI=1S/C16H14N2O3/c1-11(2)20-16(19)12-6-8-14(9-7-12)21-15-5-3-4-13(10-17)18-15/h3-9,11H,1-2H3. The topological polar surface area (TPSA) is 72.2 Å². The first-order valence-electron chi connectivity index (χ1n) is 6.44. The zero-order chi connectivity index (χ0) is 15.2. The van der Waals surface area contributed by atoms with Crippen LogP contribution in [0.4, 0.5) is 0 Å². The van der Waals surface area contributed by atoms with Crippen LogP contribution in [0.5, 0.6) is 11.6 Å². The average molecular weight is 282 g/mol. The average Bonchev–Trinajstić information content (AvgIpc) is 2.47. The molecule has 5 heteroatoms. The third-order valence-corrected chi connectivity index (χ3v) is 2.49. The number of nitriles is 1. The molecule has 0 aliphatic heterocycles. The van der Waals surface area contributed by atoms with Crippen molar-refractivity contribution < 1.29 is 14.3 Å². The van der Waals surface area contributed by atoms with Crippen LogP contribution in [0.15, 0.2) is 42.5 Å². The maximum Gasteiger partial charge on any atom is 0.338 e. The predicted molar refractivity (Wildman–Crippen MR) is 76.0 cm³/mol. The zero-order valence-electron chi connectivity index (χ0n) is 11.7. The van der Waals surface area contributed by atoms with E-state index in [0.29, 0.717) is 17.2 Å². The van der Waals surface area contributed by atoms with E-state index >= 15 is 0 Å². The number of rotatable bonds is 4. The number of hydrogen-bond donors (Lipinski definition) is 0. The lowest BCUT2D eigenvalue weighted by Gasteiger charge is -2.08. The minimum Gasteiger partial charge on any atom is -0.459 e. The van der Waals surface area contributed by atoms with Gasteiger partial charge in [0.15, 0.2) is 0 Å². The van der Waals surface area contributed by atoms with Crippen LogP contribution in [0.3, 0.4) is 0 Å². The van der Waals surface area contributed by atoms with Crippen molar-refractivity contribution in [3.63, 3.8) is 0 Å². The van der Waals surface area contributed by atoms with Crippen molar-refractivity contribution in [2.24, 2.45) is 0 Å². The number of ether oxygens (including phenoxy) is 2. The van der Waals surface area contributed by atoms with E-state index in [1.807, 2.05) is 6.07 Å². The summed E-state index contributed by atoms with van der Waals surface area (Å²) in [6, 6.07) is 13.4. The molecule has 106 valence electrons. The number of aromatic nitrogens is 1. The van der Waals surface area contributed by atoms with Gasteiger partial charge in [-0.15, -0.1) is 0 Å². The summed E-state index contributed by atoms with van der Waals surface area (Å²) in [7, 11) is 0. The van der Waals surface area contributed by atoms with Crippen LogP contribution in [0.1, 0.15) is 29.9 Å². The second-order valence-corrected chi connectivity index (χ2v) is 4.55. The Morgan fingerprint density at radius 1 is 1.19 bits per heavy atom. The summed E-state index contributed by atoms with van der Waals surface area (Å²) in [6.45, 7) is 3.59. The number of benzene rings is 1. The SMILES string of the molecule is CC(C)OC(=O)c1ccc(Oc2cccc(C#N)n2)cc1. The van der Waals surface area contributed by atoms with E-state index in [4.69, 9.17) is 14.7 Å². The van der Waals surface area contributed by atoms with E-state index in [-0.39, 0.29) is 17.8 Å². The van der Waals surface area contributed by atoms with E-state index < -0.39 is 0 Å². The van der Waals surface area contributed by atoms with Crippen molar-refractivity contribution in [3.8, 4) is 17.7 Å². The lowest BCUT2D eigenvalue weighted by Crippen LogP contribution is -2.11. The quantitative estimate of drug-likeness (QED) is 0.804. The Labute approximate surface area is 122 Å². The smallest absolute Gasteiger partial charge is 0.338 e. The summed E-state index contributed by atoms with van der Waals surface area (Å²) in [4.78, 5) is 15.7. The van der Waals surface area contributed by atoms with Gasteiger partial charge in [-0.05, 0) is 44.2 Å². The zero-order valence-corrected chi connectivity index (χ0v) is 11.7. The molecule has 2 aromatic rings. The Bertz CT molecular complexity index is 673. The summed E-state index contributed by atoms with van der Waals surface area (Å²) >= 11 is 0. The van der Waals surface area contributed by atoms with Crippen LogP contribution in [-0.2, 0) is 4.74 Å². The van der Waals surface area contributed by atoms with Crippen molar-refractivity contribution in [3.05, 3.63) is 53.7 Å². The van der Waals surface area contributed by atoms with Crippen molar-refractivity contribution in [1.29, 1.82) is 5.26 Å². The Hall–Kier alpha value is -2.87. The molecule has 0 saturated heterocycles. The first kappa shape index (κ1) is 14.5. The van der Waals surface area contributed by atoms with Gasteiger partial charge in [-0.25, -0.2) is 9.78 Å². The van der Waals surface area contributed by atoms with Crippen LogP contribution < -0.4 is 4.74 Å². The molecule has 0 N–H and O–H groups in total. The molecule has 0 bridgehead atoms. The summed E-state index contributed by atoms with van der Waals surface area (Å²) in [5.74, 6) is 0.478. The molecule has 0 aliphatic carbocycles. The van der Waals surface area contributed by atoms with Crippen LogP contribution in [0, 0.1) is 11.3 Å². The molecule has 0 aliphatic rings. The predicted octanol–water partition coefficient (Wildman–Crippen LogP) is 3.31. The van der Waals surface area contributed by atoms with Crippen molar-refractivity contribution >= 4 is 5.97 Å². The second-order valence-electron chi connectivity index (χ2n) is 4.55. The van der Waals surface area contributed by atoms with Gasteiger partial charge in [0.05, 0.1) is 11.7 Å². The van der Waals surface area contributed by atoms with Crippen LogP contribution in [0.2, 0.25) is 0 Å². The van der Waals surface area contributed by atoms with E-state index in [1.54, 1.807) is 56.3 Å². The van der Waals surface area contributed by atoms with Gasteiger partial charge >= 0.3 is 5.97 Å². The van der Waals surface area contributed by atoms with Gasteiger partial charge in [-0.3, -0.25) is 0 Å². The van der Waals surface area contributed by atoms with Gasteiger partial charge in [0, 0.05) is 6.07 Å². The molecule has 1 aromatic carbocycles. The maximum absolute atomic E-state index is 11.7. The Morgan fingerprint density at radius 2 is 1.90 bits per heavy atom. The highest BCUT2D eigenvalue weighted by atomic mass is 16.5. The van der Waals surface area contributed by atoms with Crippen LogP contribution in [0.25, 0.3) is 0 Å². The van der Waals surface area contributed by atoms with Gasteiger partial charge in [-0.2, -0.15) is 5.26 Å². The molecular weight excluding hydrogens is 268 g/mol. The third kappa shape index (κ3) is 4.05. The largest absolute Gasteiger partial charge is 0.459 e. The molecule has 0 fully saturated rings. The van der Waals surface area contributed by atoms with Crippen molar-refractivity contribution in [2.75, 3.05) is 0 Å². The first-order valence-corrected chi connectivity index (χ1v) is 6.44. The van der Waals surface area contributed by atoms with Gasteiger partial charge in [0.25, 0.3) is 0 Å². The molecule has 0 spiro atoms. The molecule has 2 rings (SSSR count). The third-order valence-electron chi connectivity index (χ3n) is 2.49. The second kappa shape index (κ2) is 6.53. The highest BCUT2D eigenvalue weighted by molar-refractivity contribution is 5.89. The summed E-state index contributed by atoms with van der Waals surface area (Å²) in [5.41, 5.74) is 0.736. The maximum atomic E-state index is 11.7. The lowest BCUT2D eigenvalue weighted by atomic mass is 10.2. The highest BCUT2D eigenvalue weighted by Gasteiger charge is 2.09. The number of carbonyl (C=O) groups is 1. The monoisotopic (exact) mass is 282 g/mol. The van der Waals surface area contributed by atoms with E-state index in [9.17, 15) is 4.79 Å². The van der Waals surface area contributed by atoms with E-state index in [0.717, 1.165) is 0 Å². The number of carbonyl (C=O) groups excluding carboxylic acids is 1. The van der Waals surface area contributed by atoms with Crippen LogP contribution >= 0.6 is 0 Å². The summed E-state index contributed by atoms with van der Waals surface area (Å²) in [5, 5.41) is 8.78. The fourth-order valence-electron chi connectivity index (χ4n) is 1.60. The molecule has 1 aromatic heterocycles. The van der Waals surface area contributed by atoms with Gasteiger partial charge in [0.1, 0.15) is 17.5 Å². The van der Waals surface area contributed by atoms with Gasteiger partial charge in [-0.1, -0.05) is 6.07 Å². The fourth-order valence-corrected chi connectivity index (χ4v) is 1.60. The van der Waals surface area contributed by atoms with Crippen molar-refractivity contribution in [1.82, 2.24) is 4.98 Å². The van der Waals surface area contributed by atoms with Gasteiger partial charge < -0.3 is 9.47 Å². The Kier molecular flexibility index (Phi) is 4.52. The van der Waals surface area contributed by atoms with E-state index in [2.05, 4.69) is 4.98 Å². The number of pyridine rings is 1. The molecule has 0 amide bonds. The molecule has 0 atom stereocenters. The minimum absolute atomic E-state index is 0.161. The summed E-state index contributed by atoms with van der Waals surface area (Å²) in [6.07, 6.45) is -0.161. The molecule has 0 radical (unpaired) electrons. The molecule has 21 heavy (non-hydrogen) atoms. The molecule has 5 nitrogen and oxygen atoms in total. The highest BCUT2D eigenvalue weighted by Crippen LogP contribution is 2.20. The number of esters is 1.